The van der Waals surface area contributed by atoms with E-state index in [2.05, 4.69) is 20.8 Å². The van der Waals surface area contributed by atoms with Gasteiger partial charge in [0.05, 0.1) is 24.4 Å². The maximum absolute atomic E-state index is 11.4. The van der Waals surface area contributed by atoms with E-state index in [1.165, 1.54) is 0 Å². The summed E-state index contributed by atoms with van der Waals surface area (Å²) in [6, 6.07) is 0. The van der Waals surface area contributed by atoms with Gasteiger partial charge in [0.1, 0.15) is 0 Å². The summed E-state index contributed by atoms with van der Waals surface area (Å²) in [5, 5.41) is 32.9. The first kappa shape index (κ1) is 27.8. The van der Waals surface area contributed by atoms with E-state index in [0.717, 1.165) is 38.5 Å². The van der Waals surface area contributed by atoms with Crippen molar-refractivity contribution >= 4 is 10.4 Å². The van der Waals surface area contributed by atoms with Gasteiger partial charge >= 0.3 is 10.4 Å². The highest BCUT2D eigenvalue weighted by molar-refractivity contribution is 7.80. The highest BCUT2D eigenvalue weighted by Gasteiger charge is 2.64. The van der Waals surface area contributed by atoms with Crippen LogP contribution in [0.4, 0.5) is 0 Å². The maximum Gasteiger partial charge on any atom is 0.397 e. The molecule has 35 heavy (non-hydrogen) atoms. The van der Waals surface area contributed by atoms with E-state index in [1.807, 2.05) is 13.8 Å². The Hall–Kier alpha value is -0.250. The number of fused-ring (bicyclic) bond motifs is 5. The van der Waals surface area contributed by atoms with E-state index in [9.17, 15) is 28.3 Å². The second-order valence-corrected chi connectivity index (χ2v) is 14.5. The Labute approximate surface area is 212 Å². The molecular weight excluding hydrogens is 468 g/mol. The molecular formula is C27H48O7S. The van der Waals surface area contributed by atoms with E-state index < -0.39 is 28.7 Å². The molecule has 0 saturated heterocycles. The molecule has 0 heterocycles. The zero-order valence-corrected chi connectivity index (χ0v) is 23.0. The standard InChI is InChI=1S/C27H48O7S/c1-15(2)24(34-35(31,32)33)7-6-16(3)20-14-23(30)25-18-13-22(29)21-12-17(28)8-10-26(21,4)19(18)9-11-27(20,25)5/h15-25,28-30H,6-14H2,1-5H3,(H,31,32,33). The normalized spacial score (nSPS) is 47.6. The molecule has 0 aliphatic heterocycles. The van der Waals surface area contributed by atoms with Gasteiger partial charge in [-0.3, -0.25) is 4.55 Å². The fraction of sp³-hybridized carbons (Fsp3) is 1.00. The van der Waals surface area contributed by atoms with Crippen LogP contribution in [0.15, 0.2) is 0 Å². The van der Waals surface area contributed by atoms with E-state index in [4.69, 9.17) is 4.18 Å². The molecule has 4 aliphatic carbocycles. The molecule has 0 bridgehead atoms. The fourth-order valence-corrected chi connectivity index (χ4v) is 10.2. The quantitative estimate of drug-likeness (QED) is 0.374. The Balaban J connectivity index is 1.50. The van der Waals surface area contributed by atoms with Crippen LogP contribution in [0, 0.1) is 52.3 Å². The topological polar surface area (TPSA) is 124 Å². The third kappa shape index (κ3) is 5.09. The molecule has 4 aliphatic rings. The first-order valence-corrected chi connectivity index (χ1v) is 15.2. The Bertz CT molecular complexity index is 862. The lowest BCUT2D eigenvalue weighted by atomic mass is 9.43. The van der Waals surface area contributed by atoms with Gasteiger partial charge < -0.3 is 15.3 Å². The average Bonchev–Trinajstić information content (AvgIpc) is 3.02. The Morgan fingerprint density at radius 1 is 0.886 bits per heavy atom. The van der Waals surface area contributed by atoms with Crippen molar-refractivity contribution in [3.8, 4) is 0 Å². The summed E-state index contributed by atoms with van der Waals surface area (Å²) < 4.78 is 36.7. The molecule has 0 radical (unpaired) electrons. The molecule has 0 aromatic rings. The first-order chi connectivity index (χ1) is 16.2. The van der Waals surface area contributed by atoms with Gasteiger partial charge in [-0.05, 0) is 110 Å². The van der Waals surface area contributed by atoms with Gasteiger partial charge in [0.15, 0.2) is 0 Å². The summed E-state index contributed by atoms with van der Waals surface area (Å²) in [6.45, 7) is 10.7. The van der Waals surface area contributed by atoms with Crippen molar-refractivity contribution in [3.63, 3.8) is 0 Å². The van der Waals surface area contributed by atoms with Gasteiger partial charge in [0.25, 0.3) is 0 Å². The zero-order valence-electron chi connectivity index (χ0n) is 22.1. The second-order valence-electron chi connectivity index (χ2n) is 13.5. The lowest BCUT2D eigenvalue weighted by molar-refractivity contribution is -0.181. The third-order valence-electron chi connectivity index (χ3n) is 11.3. The van der Waals surface area contributed by atoms with Crippen LogP contribution < -0.4 is 0 Å². The Morgan fingerprint density at radius 2 is 1.54 bits per heavy atom. The molecule has 4 saturated carbocycles. The molecule has 0 aromatic heterocycles. The fourth-order valence-electron chi connectivity index (χ4n) is 9.55. The van der Waals surface area contributed by atoms with Gasteiger partial charge in [-0.2, -0.15) is 8.42 Å². The molecule has 8 heteroatoms. The largest absolute Gasteiger partial charge is 0.397 e. The van der Waals surface area contributed by atoms with Crippen molar-refractivity contribution in [1.29, 1.82) is 0 Å². The van der Waals surface area contributed by atoms with Crippen LogP contribution in [-0.2, 0) is 14.6 Å². The van der Waals surface area contributed by atoms with E-state index in [0.29, 0.717) is 37.0 Å². The average molecular weight is 517 g/mol. The summed E-state index contributed by atoms with van der Waals surface area (Å²) in [5.74, 6) is 1.62. The third-order valence-corrected chi connectivity index (χ3v) is 11.8. The second kappa shape index (κ2) is 9.81. The summed E-state index contributed by atoms with van der Waals surface area (Å²) >= 11 is 0. The SMILES string of the molecule is CC(C)C(CCC(C)C1CC(O)C2C3CC(O)C4CC(O)CCC4(C)C3CCC12C)OS(=O)(=O)O. The monoisotopic (exact) mass is 516 g/mol. The Kier molecular flexibility index (Phi) is 7.78. The summed E-state index contributed by atoms with van der Waals surface area (Å²) in [4.78, 5) is 0. The van der Waals surface area contributed by atoms with Crippen molar-refractivity contribution in [1.82, 2.24) is 0 Å². The van der Waals surface area contributed by atoms with Crippen molar-refractivity contribution in [3.05, 3.63) is 0 Å². The van der Waals surface area contributed by atoms with Gasteiger partial charge in [-0.15, -0.1) is 0 Å². The zero-order chi connectivity index (χ0) is 25.9. The highest BCUT2D eigenvalue weighted by atomic mass is 32.3. The first-order valence-electron chi connectivity index (χ1n) is 13.9. The molecule has 204 valence electrons. The van der Waals surface area contributed by atoms with Gasteiger partial charge in [-0.25, -0.2) is 4.18 Å². The highest BCUT2D eigenvalue weighted by Crippen LogP contribution is 2.68. The summed E-state index contributed by atoms with van der Waals surface area (Å²) in [7, 11) is -4.49. The van der Waals surface area contributed by atoms with Crippen LogP contribution in [-0.4, -0.2) is 52.7 Å². The number of aliphatic hydroxyl groups excluding tert-OH is 3. The molecule has 4 rings (SSSR count). The molecule has 4 fully saturated rings. The van der Waals surface area contributed by atoms with Crippen LogP contribution >= 0.6 is 0 Å². The van der Waals surface area contributed by atoms with Crippen LogP contribution in [0.5, 0.6) is 0 Å². The predicted octanol–water partition coefficient (Wildman–Crippen LogP) is 4.21. The molecule has 0 spiro atoms. The van der Waals surface area contributed by atoms with Crippen LogP contribution in [0.2, 0.25) is 0 Å². The van der Waals surface area contributed by atoms with Gasteiger partial charge in [0, 0.05) is 0 Å². The molecule has 12 unspecified atom stereocenters. The maximum atomic E-state index is 11.4. The predicted molar refractivity (Wildman–Crippen MR) is 134 cm³/mol. The lowest BCUT2D eigenvalue weighted by Gasteiger charge is -2.62. The van der Waals surface area contributed by atoms with Crippen molar-refractivity contribution in [2.45, 2.75) is 117 Å². The number of hydrogen-bond acceptors (Lipinski definition) is 6. The molecule has 4 N–H and O–H groups in total. The summed E-state index contributed by atoms with van der Waals surface area (Å²) in [5.41, 5.74) is -0.00172. The van der Waals surface area contributed by atoms with E-state index >= 15 is 0 Å². The van der Waals surface area contributed by atoms with Crippen LogP contribution in [0.25, 0.3) is 0 Å². The smallest absolute Gasteiger partial charge is 0.393 e. The molecule has 0 aromatic carbocycles. The molecule has 7 nitrogen and oxygen atoms in total. The minimum absolute atomic E-state index is 0.0178. The van der Waals surface area contributed by atoms with Crippen molar-refractivity contribution in [2.24, 2.45) is 52.3 Å². The van der Waals surface area contributed by atoms with E-state index in [-0.39, 0.29) is 40.6 Å². The van der Waals surface area contributed by atoms with Gasteiger partial charge in [0.2, 0.25) is 0 Å². The number of hydrogen-bond donors (Lipinski definition) is 4. The van der Waals surface area contributed by atoms with Crippen LogP contribution in [0.3, 0.4) is 0 Å². The number of aliphatic hydroxyl groups is 3. The van der Waals surface area contributed by atoms with Crippen molar-refractivity contribution < 1.29 is 32.5 Å². The van der Waals surface area contributed by atoms with Gasteiger partial charge in [-0.1, -0.05) is 34.6 Å². The molecule has 0 amide bonds. The Morgan fingerprint density at radius 3 is 2.17 bits per heavy atom. The van der Waals surface area contributed by atoms with Crippen LogP contribution in [0.1, 0.15) is 92.4 Å². The number of rotatable bonds is 7. The van der Waals surface area contributed by atoms with Crippen molar-refractivity contribution in [2.75, 3.05) is 0 Å². The minimum atomic E-state index is -4.49. The minimum Gasteiger partial charge on any atom is -0.393 e. The lowest BCUT2D eigenvalue weighted by Crippen LogP contribution is -2.59. The van der Waals surface area contributed by atoms with E-state index in [1.54, 1.807) is 0 Å². The summed E-state index contributed by atoms with van der Waals surface area (Å²) in [6.07, 6.45) is 5.67. The molecule has 12 atom stereocenters.